The van der Waals surface area contributed by atoms with Crippen LogP contribution in [0.3, 0.4) is 0 Å². The second kappa shape index (κ2) is 1.33. The largest absolute Gasteiger partial charge is 0.318 e. The molecule has 28 valence electrons. The predicted octanol–water partition coefficient (Wildman–Crippen LogP) is 0.214. The Labute approximate surface area is 36.2 Å². The molecule has 2 N–H and O–H groups in total. The van der Waals surface area contributed by atoms with Crippen molar-refractivity contribution in [1.29, 1.82) is 0 Å². The lowest BCUT2D eigenvalue weighted by atomic mass is 11.1. The van der Waals surface area contributed by atoms with Gasteiger partial charge in [-0.1, -0.05) is 0 Å². The highest BCUT2D eigenvalue weighted by Gasteiger charge is 1.79. The molecule has 2 nitrogen and oxygen atoms in total. The number of hydrazine groups is 1. The summed E-state index contributed by atoms with van der Waals surface area (Å²) >= 11 is 1.31. The molecule has 0 aromatic carbocycles. The quantitative estimate of drug-likeness (QED) is 0.415. The summed E-state index contributed by atoms with van der Waals surface area (Å²) in [5.41, 5.74) is 2.60. The van der Waals surface area contributed by atoms with E-state index in [2.05, 4.69) is 5.43 Å². The van der Waals surface area contributed by atoms with E-state index >= 15 is 0 Å². The van der Waals surface area contributed by atoms with E-state index in [1.54, 1.807) is 11.6 Å². The van der Waals surface area contributed by atoms with Crippen LogP contribution in [0.25, 0.3) is 0 Å². The Morgan fingerprint density at radius 2 is 3.00 bits per heavy atom. The molecular weight excluding hydrogens is 84.1 g/mol. The molecule has 0 aliphatic carbocycles. The molecule has 0 saturated carbocycles. The Morgan fingerprint density at radius 3 is 3.20 bits per heavy atom. The van der Waals surface area contributed by atoms with E-state index in [9.17, 15) is 0 Å². The van der Waals surface area contributed by atoms with E-state index < -0.39 is 0 Å². The Kier molecular flexibility index (Phi) is 0.559. The second-order valence-electron chi connectivity index (χ2n) is 0.629. The molecular formula is C2H4N2S. The van der Waals surface area contributed by atoms with E-state index in [1.165, 1.54) is 16.8 Å². The van der Waals surface area contributed by atoms with Crippen molar-refractivity contribution in [1.82, 2.24) is 10.2 Å². The molecule has 0 fully saturated rings. The van der Waals surface area contributed by atoms with Crippen molar-refractivity contribution in [3.63, 3.8) is 0 Å². The van der Waals surface area contributed by atoms with Crippen LogP contribution in [0.1, 0.15) is 0 Å². The monoisotopic (exact) mass is 89.0 g/mol. The molecule has 1 aliphatic rings. The molecule has 0 amide bonds. The van der Waals surface area contributed by atoms with Crippen molar-refractivity contribution < 1.29 is 1.41 Å². The summed E-state index contributed by atoms with van der Waals surface area (Å²) in [7, 11) is 0. The minimum absolute atomic E-state index is 1.17. The molecule has 1 heterocycles. The average Bonchev–Trinajstić information content (AvgIpc) is 1.86. The van der Waals surface area contributed by atoms with E-state index in [0.29, 0.717) is 0 Å². The van der Waals surface area contributed by atoms with Crippen LogP contribution in [0.4, 0.5) is 0 Å². The van der Waals surface area contributed by atoms with Gasteiger partial charge in [0.05, 0.1) is 0 Å². The third-order valence-electron chi connectivity index (χ3n) is 0.309. The van der Waals surface area contributed by atoms with Gasteiger partial charge in [-0.2, -0.15) is 4.82 Å². The van der Waals surface area contributed by atoms with Crippen LogP contribution in [0.5, 0.6) is 0 Å². The number of nitrogens with one attached hydrogen (secondary N) is 2. The summed E-state index contributed by atoms with van der Waals surface area (Å²) < 4.78 is 6.75. The minimum Gasteiger partial charge on any atom is -0.318 e. The van der Waals surface area contributed by atoms with Crippen LogP contribution in [0.2, 0.25) is 1.41 Å². The van der Waals surface area contributed by atoms with Crippen LogP contribution in [-0.2, 0) is 0 Å². The first-order valence-electron chi connectivity index (χ1n) is 1.71. The fourth-order valence-electron chi connectivity index (χ4n) is 0.152. The van der Waals surface area contributed by atoms with Gasteiger partial charge in [-0.25, -0.2) is 0 Å². The summed E-state index contributed by atoms with van der Waals surface area (Å²) in [5.74, 6) is 0. The highest BCUT2D eigenvalue weighted by atomic mass is 32.2. The molecule has 1 aliphatic heterocycles. The molecule has 3 heteroatoms. The van der Waals surface area contributed by atoms with Crippen LogP contribution in [0, 0.1) is 0 Å². The van der Waals surface area contributed by atoms with E-state index in [0.717, 1.165) is 0 Å². The third-order valence-corrected chi connectivity index (χ3v) is 0.777. The fourth-order valence-corrected chi connectivity index (χ4v) is 0.456. The number of hydrogen-bond acceptors (Lipinski definition) is 3. The number of hydrogen-bond donors (Lipinski definition) is 2. The first-order chi connectivity index (χ1) is 2.89. The van der Waals surface area contributed by atoms with Gasteiger partial charge in [0.25, 0.3) is 0 Å². The van der Waals surface area contributed by atoms with Crippen LogP contribution in [0.15, 0.2) is 11.6 Å². The standard InChI is InChI=1S/C2H4N2S/c1-2-5-4-3-1/h1-4H/i/hD. The molecule has 0 unspecified atom stereocenters. The molecule has 0 aromatic heterocycles. The molecule has 0 radical (unpaired) electrons. The maximum atomic E-state index is 6.75. The zero-order valence-corrected chi connectivity index (χ0v) is 3.33. The van der Waals surface area contributed by atoms with Gasteiger partial charge in [0, 0.05) is 11.6 Å². The van der Waals surface area contributed by atoms with Crippen molar-refractivity contribution in [2.24, 2.45) is 0 Å². The first kappa shape index (κ1) is 2.10. The Morgan fingerprint density at radius 1 is 2.00 bits per heavy atom. The van der Waals surface area contributed by atoms with Crippen molar-refractivity contribution in [2.75, 3.05) is 0 Å². The van der Waals surface area contributed by atoms with Gasteiger partial charge >= 0.3 is 0 Å². The van der Waals surface area contributed by atoms with Crippen molar-refractivity contribution in [3.05, 3.63) is 11.6 Å². The summed E-state index contributed by atoms with van der Waals surface area (Å²) in [4.78, 5) is 1.17. The smallest absolute Gasteiger partial charge is 0.162 e. The van der Waals surface area contributed by atoms with Gasteiger partial charge < -0.3 is 5.43 Å². The minimum atomic E-state index is 1.17. The summed E-state index contributed by atoms with van der Waals surface area (Å²) in [5, 5.41) is 1.80. The lowest BCUT2D eigenvalue weighted by Crippen LogP contribution is -2.11. The van der Waals surface area contributed by atoms with Crippen molar-refractivity contribution >= 4 is 11.9 Å². The summed E-state index contributed by atoms with van der Waals surface area (Å²) in [6.07, 6.45) is 1.71. The van der Waals surface area contributed by atoms with Crippen molar-refractivity contribution in [3.8, 4) is 0 Å². The number of rotatable bonds is 0. The Balaban J connectivity index is 2.32. The Hall–Kier alpha value is -0.150. The molecule has 5 heavy (non-hydrogen) atoms. The maximum Gasteiger partial charge on any atom is 0.162 e. The van der Waals surface area contributed by atoms with Gasteiger partial charge in [0.15, 0.2) is 1.41 Å². The van der Waals surface area contributed by atoms with E-state index in [1.807, 2.05) is 0 Å². The van der Waals surface area contributed by atoms with Gasteiger partial charge in [-0.15, -0.1) is 0 Å². The Bertz CT molecular complexity index is 65.9. The molecule has 0 bridgehead atoms. The first-order valence-corrected chi connectivity index (χ1v) is 2.10. The van der Waals surface area contributed by atoms with E-state index in [-0.39, 0.29) is 0 Å². The normalized spacial score (nSPS) is 26.0. The molecule has 1 rings (SSSR count). The molecule has 0 atom stereocenters. The van der Waals surface area contributed by atoms with E-state index in [4.69, 9.17) is 1.41 Å². The molecule has 0 aromatic rings. The zero-order chi connectivity index (χ0) is 4.41. The summed E-state index contributed by atoms with van der Waals surface area (Å²) in [6.45, 7) is 0. The summed E-state index contributed by atoms with van der Waals surface area (Å²) in [6, 6.07) is 0. The van der Waals surface area contributed by atoms with Crippen LogP contribution < -0.4 is 10.2 Å². The predicted molar refractivity (Wildman–Crippen MR) is 23.0 cm³/mol. The molecule has 0 saturated heterocycles. The molecule has 0 spiro atoms. The van der Waals surface area contributed by atoms with Gasteiger partial charge in [0.1, 0.15) is 0 Å². The third kappa shape index (κ3) is 0.560. The van der Waals surface area contributed by atoms with Crippen molar-refractivity contribution in [2.45, 2.75) is 0 Å². The lowest BCUT2D eigenvalue weighted by Gasteiger charge is -1.81. The average molecular weight is 89.1 g/mol. The zero-order valence-electron chi connectivity index (χ0n) is 3.51. The maximum absolute atomic E-state index is 6.75. The second-order valence-corrected chi connectivity index (χ2v) is 1.29. The fraction of sp³-hybridized carbons (Fsp3) is 0. The SMILES string of the molecule is [2H]N1NC=CS1. The van der Waals surface area contributed by atoms with Crippen LogP contribution >= 0.6 is 11.9 Å². The van der Waals surface area contributed by atoms with Gasteiger partial charge in [0.2, 0.25) is 0 Å². The van der Waals surface area contributed by atoms with Gasteiger partial charge in [-0.3, -0.25) is 0 Å². The van der Waals surface area contributed by atoms with Crippen LogP contribution in [-0.4, -0.2) is 0 Å². The topological polar surface area (TPSA) is 24.1 Å². The lowest BCUT2D eigenvalue weighted by molar-refractivity contribution is 0.896. The highest BCUT2D eigenvalue weighted by molar-refractivity contribution is 8.00. The highest BCUT2D eigenvalue weighted by Crippen LogP contribution is 1.94. The van der Waals surface area contributed by atoms with Gasteiger partial charge in [-0.05, 0) is 11.9 Å².